The minimum atomic E-state index is -2.88. The van der Waals surface area contributed by atoms with E-state index in [1.54, 1.807) is 11.3 Å². The summed E-state index contributed by atoms with van der Waals surface area (Å²) in [5, 5.41) is 13.7. The Bertz CT molecular complexity index is 1900. The minimum absolute atomic E-state index is 0.0730. The molecule has 9 heteroatoms. The van der Waals surface area contributed by atoms with E-state index in [1.807, 2.05) is 29.6 Å². The third kappa shape index (κ3) is 7.34. The van der Waals surface area contributed by atoms with Crippen LogP contribution in [0.5, 0.6) is 0 Å². The van der Waals surface area contributed by atoms with Gasteiger partial charge >= 0.3 is 0 Å². The normalized spacial score (nSPS) is 22.1. The lowest BCUT2D eigenvalue weighted by atomic mass is 9.69. The number of aliphatic hydroxyl groups excluding tert-OH is 1. The van der Waals surface area contributed by atoms with Crippen molar-refractivity contribution in [3.05, 3.63) is 123 Å². The molecule has 2 aromatic heterocycles. The highest BCUT2D eigenvalue weighted by Crippen LogP contribution is 2.51. The average molecular weight is 750 g/mol. The average Bonchev–Trinajstić information content (AvgIpc) is 3.97. The van der Waals surface area contributed by atoms with Gasteiger partial charge in [0.2, 0.25) is 11.8 Å². The Labute approximate surface area is 318 Å². The van der Waals surface area contributed by atoms with Crippen LogP contribution in [0.2, 0.25) is 5.04 Å². The first kappa shape index (κ1) is 37.5. The van der Waals surface area contributed by atoms with Gasteiger partial charge in [0.15, 0.2) is 0 Å². The van der Waals surface area contributed by atoms with Gasteiger partial charge < -0.3 is 18.7 Å². The van der Waals surface area contributed by atoms with Gasteiger partial charge in [0.05, 0.1) is 37.7 Å². The maximum atomic E-state index is 14.2. The second-order valence-electron chi connectivity index (χ2n) is 15.7. The molecule has 4 aromatic rings. The lowest BCUT2D eigenvalue weighted by Crippen LogP contribution is -2.66. The summed E-state index contributed by atoms with van der Waals surface area (Å²) in [5.41, 5.74) is 3.54. The van der Waals surface area contributed by atoms with Crippen LogP contribution in [-0.2, 0) is 31.9 Å². The SMILES string of the molecule is CCC/C(=C\c1ccc(CO)o1)CC[C@H]1OC[C@H]2C1=C(CO[Si](c1ccccc1)(c1ccccc1)C(C)(C)C)C[C@H]1C(=O)N(Cc3cccs3)C(=O)[C@H]12. The molecule has 0 radical (unpaired) electrons. The molecule has 1 N–H and O–H groups in total. The predicted molar refractivity (Wildman–Crippen MR) is 212 cm³/mol. The molecular formula is C44H51NO6SSi. The maximum absolute atomic E-state index is 14.2. The lowest BCUT2D eigenvalue weighted by Gasteiger charge is -2.44. The van der Waals surface area contributed by atoms with Crippen molar-refractivity contribution in [2.75, 3.05) is 13.2 Å². The largest absolute Gasteiger partial charge is 0.459 e. The van der Waals surface area contributed by atoms with Crippen LogP contribution in [0, 0.1) is 17.8 Å². The van der Waals surface area contributed by atoms with Gasteiger partial charge in [-0.25, -0.2) is 0 Å². The number of ether oxygens (including phenoxy) is 1. The number of furan rings is 1. The zero-order chi connectivity index (χ0) is 37.2. The molecule has 2 saturated heterocycles. The number of rotatable bonds is 14. The third-order valence-electron chi connectivity index (χ3n) is 11.4. The molecule has 2 aliphatic heterocycles. The van der Waals surface area contributed by atoms with Crippen LogP contribution in [-0.4, -0.2) is 49.5 Å². The van der Waals surface area contributed by atoms with E-state index in [0.717, 1.165) is 41.9 Å². The zero-order valence-electron chi connectivity index (χ0n) is 31.3. The second kappa shape index (κ2) is 15.9. The van der Waals surface area contributed by atoms with Crippen molar-refractivity contribution in [2.45, 2.75) is 84.1 Å². The number of carbonyl (C=O) groups excluding carboxylic acids is 2. The maximum Gasteiger partial charge on any atom is 0.261 e. The van der Waals surface area contributed by atoms with Crippen LogP contribution >= 0.6 is 11.3 Å². The Kier molecular flexibility index (Phi) is 11.2. The molecule has 0 spiro atoms. The molecule has 7 nitrogen and oxygen atoms in total. The number of nitrogens with zero attached hydrogens (tertiary/aromatic N) is 1. The Morgan fingerprint density at radius 1 is 0.943 bits per heavy atom. The van der Waals surface area contributed by atoms with Crippen LogP contribution in [0.25, 0.3) is 6.08 Å². The summed E-state index contributed by atoms with van der Waals surface area (Å²) in [6, 6.07) is 29.0. The van der Waals surface area contributed by atoms with E-state index < -0.39 is 20.2 Å². The summed E-state index contributed by atoms with van der Waals surface area (Å²) >= 11 is 1.57. The summed E-state index contributed by atoms with van der Waals surface area (Å²) in [4.78, 5) is 30.9. The number of hydrogen-bond acceptors (Lipinski definition) is 7. The smallest absolute Gasteiger partial charge is 0.261 e. The number of carbonyl (C=O) groups is 2. The highest BCUT2D eigenvalue weighted by Gasteiger charge is 2.58. The highest BCUT2D eigenvalue weighted by molar-refractivity contribution is 7.09. The fraction of sp³-hybridized carbons (Fsp3) is 0.409. The van der Waals surface area contributed by atoms with Crippen LogP contribution in [0.3, 0.4) is 0 Å². The van der Waals surface area contributed by atoms with Gasteiger partial charge in [-0.1, -0.05) is 106 Å². The van der Waals surface area contributed by atoms with E-state index in [2.05, 4.69) is 94.4 Å². The van der Waals surface area contributed by atoms with Gasteiger partial charge in [0.25, 0.3) is 8.32 Å². The van der Waals surface area contributed by atoms with Gasteiger partial charge in [-0.3, -0.25) is 14.5 Å². The Balaban J connectivity index is 1.25. The molecule has 4 heterocycles. The first-order valence-corrected chi connectivity index (χ1v) is 21.8. The van der Waals surface area contributed by atoms with Crippen molar-refractivity contribution in [3.63, 3.8) is 0 Å². The van der Waals surface area contributed by atoms with Crippen LogP contribution in [0.4, 0.5) is 0 Å². The number of thiophene rings is 1. The summed E-state index contributed by atoms with van der Waals surface area (Å²) in [5.74, 6) is 0.116. The molecule has 7 rings (SSSR count). The number of amides is 2. The predicted octanol–water partition coefficient (Wildman–Crippen LogP) is 7.89. The highest BCUT2D eigenvalue weighted by atomic mass is 32.1. The van der Waals surface area contributed by atoms with E-state index in [9.17, 15) is 14.7 Å². The standard InChI is InChI=1S/C44H51NO6SSi/c1-5-13-30(24-32-20-21-33(27-46)51-32)19-22-39-40-31(25-37-41(38(40)29-49-39)43(48)45(42(37)47)26-34-14-12-23-52-34)28-50-53(44(2,3)4,35-15-8-6-9-16-35)36-17-10-7-11-18-36/h6-12,14-18,20-21,23-24,37-39,41,46H,5,13,19,22,25-29H2,1-4H3/b30-24+/t37-,38+,39-,41-/m1/s1. The number of aliphatic hydroxyl groups is 1. The van der Waals surface area contributed by atoms with Gasteiger partial charge in [-0.15, -0.1) is 11.3 Å². The van der Waals surface area contributed by atoms with E-state index >= 15 is 0 Å². The van der Waals surface area contributed by atoms with Crippen molar-refractivity contribution >= 4 is 47.9 Å². The molecule has 2 fully saturated rings. The van der Waals surface area contributed by atoms with Crippen molar-refractivity contribution in [1.29, 1.82) is 0 Å². The van der Waals surface area contributed by atoms with Crippen LogP contribution in [0.1, 0.15) is 76.2 Å². The monoisotopic (exact) mass is 749 g/mol. The Hall–Kier alpha value is -3.86. The molecule has 4 atom stereocenters. The molecule has 1 aliphatic carbocycles. The molecule has 0 saturated carbocycles. The van der Waals surface area contributed by atoms with E-state index in [4.69, 9.17) is 13.6 Å². The molecule has 2 aromatic carbocycles. The number of hydrogen-bond donors (Lipinski definition) is 1. The van der Waals surface area contributed by atoms with Crippen molar-refractivity contribution in [2.24, 2.45) is 17.8 Å². The number of imide groups is 1. The van der Waals surface area contributed by atoms with Gasteiger partial charge in [-0.2, -0.15) is 0 Å². The molecule has 2 amide bonds. The van der Waals surface area contributed by atoms with E-state index in [-0.39, 0.29) is 35.5 Å². The van der Waals surface area contributed by atoms with Crippen LogP contribution in [0.15, 0.2) is 111 Å². The minimum Gasteiger partial charge on any atom is -0.459 e. The number of likely N-dealkylation sites (tertiary alicyclic amines) is 1. The van der Waals surface area contributed by atoms with Crippen LogP contribution < -0.4 is 10.4 Å². The Morgan fingerprint density at radius 2 is 1.66 bits per heavy atom. The fourth-order valence-corrected chi connectivity index (χ4v) is 14.2. The van der Waals surface area contributed by atoms with Crippen molar-refractivity contribution in [3.8, 4) is 0 Å². The third-order valence-corrected chi connectivity index (χ3v) is 17.2. The van der Waals surface area contributed by atoms with Gasteiger partial charge in [0, 0.05) is 10.8 Å². The van der Waals surface area contributed by atoms with E-state index in [0.29, 0.717) is 31.9 Å². The van der Waals surface area contributed by atoms with E-state index in [1.165, 1.54) is 26.4 Å². The second-order valence-corrected chi connectivity index (χ2v) is 21.0. The molecule has 0 unspecified atom stereocenters. The lowest BCUT2D eigenvalue weighted by molar-refractivity contribution is -0.140. The Morgan fingerprint density at radius 3 is 2.26 bits per heavy atom. The number of allylic oxidation sites excluding steroid dienone is 1. The first-order chi connectivity index (χ1) is 25.6. The quantitative estimate of drug-likeness (QED) is 0.0802. The summed E-state index contributed by atoms with van der Waals surface area (Å²) in [6.45, 7) is 10.0. The molecule has 3 aliphatic rings. The fourth-order valence-electron chi connectivity index (χ4n) is 9.01. The van der Waals surface area contributed by atoms with Gasteiger partial charge in [0.1, 0.15) is 18.1 Å². The van der Waals surface area contributed by atoms with Gasteiger partial charge in [-0.05, 0) is 81.9 Å². The topological polar surface area (TPSA) is 89.2 Å². The summed E-state index contributed by atoms with van der Waals surface area (Å²) < 4.78 is 20.0. The molecular weight excluding hydrogens is 699 g/mol. The number of fused-ring (bicyclic) bond motifs is 3. The zero-order valence-corrected chi connectivity index (χ0v) is 33.1. The summed E-state index contributed by atoms with van der Waals surface area (Å²) in [6.07, 6.45) is 5.88. The molecule has 278 valence electrons. The van der Waals surface area contributed by atoms with Crippen molar-refractivity contribution < 1.29 is 28.3 Å². The number of benzene rings is 2. The first-order valence-electron chi connectivity index (χ1n) is 19.0. The van der Waals surface area contributed by atoms with Crippen molar-refractivity contribution in [1.82, 2.24) is 4.90 Å². The molecule has 53 heavy (non-hydrogen) atoms. The molecule has 0 bridgehead atoms. The summed E-state index contributed by atoms with van der Waals surface area (Å²) in [7, 11) is -2.88.